The van der Waals surface area contributed by atoms with Gasteiger partial charge in [-0.15, -0.1) is 0 Å². The molecule has 0 amide bonds. The van der Waals surface area contributed by atoms with Gasteiger partial charge in [0, 0.05) is 11.1 Å². The van der Waals surface area contributed by atoms with E-state index in [9.17, 15) is 9.59 Å². The SMILES string of the molecule is CC(C)c1ccc(C2=NOC(C(=O)c3ccccc3)(C(=O)c3ccccc3)C2)cc1. The van der Waals surface area contributed by atoms with Crippen LogP contribution < -0.4 is 0 Å². The van der Waals surface area contributed by atoms with E-state index in [4.69, 9.17) is 4.84 Å². The molecule has 0 fully saturated rings. The number of Topliss-reactive ketones (excluding diaryl/α,β-unsaturated/α-hetero) is 2. The lowest BCUT2D eigenvalue weighted by molar-refractivity contribution is 0.00336. The van der Waals surface area contributed by atoms with Crippen LogP contribution in [0.4, 0.5) is 0 Å². The van der Waals surface area contributed by atoms with Crippen molar-refractivity contribution >= 4 is 17.3 Å². The van der Waals surface area contributed by atoms with Crippen LogP contribution in [-0.2, 0) is 4.84 Å². The molecule has 150 valence electrons. The molecule has 1 heterocycles. The van der Waals surface area contributed by atoms with Crippen molar-refractivity contribution in [3.63, 3.8) is 0 Å². The molecule has 0 aliphatic carbocycles. The molecule has 4 rings (SSSR count). The molecule has 4 heteroatoms. The first-order chi connectivity index (χ1) is 14.5. The minimum atomic E-state index is -1.70. The number of hydrogen-bond acceptors (Lipinski definition) is 4. The fraction of sp³-hybridized carbons (Fsp3) is 0.192. The largest absolute Gasteiger partial charge is 0.372 e. The van der Waals surface area contributed by atoms with Crippen LogP contribution in [0.15, 0.2) is 90.1 Å². The number of nitrogens with zero attached hydrogens (tertiary/aromatic N) is 1. The second-order valence-electron chi connectivity index (χ2n) is 7.80. The van der Waals surface area contributed by atoms with Crippen LogP contribution in [0.3, 0.4) is 0 Å². The maximum absolute atomic E-state index is 13.5. The van der Waals surface area contributed by atoms with Crippen molar-refractivity contribution in [2.75, 3.05) is 0 Å². The molecule has 0 saturated carbocycles. The Hall–Kier alpha value is -3.53. The van der Waals surface area contributed by atoms with Gasteiger partial charge >= 0.3 is 0 Å². The summed E-state index contributed by atoms with van der Waals surface area (Å²) in [6.07, 6.45) is 0.0927. The highest BCUT2D eigenvalue weighted by atomic mass is 16.7. The second kappa shape index (κ2) is 8.07. The zero-order chi connectivity index (χ0) is 21.1. The summed E-state index contributed by atoms with van der Waals surface area (Å²) in [6.45, 7) is 4.26. The van der Waals surface area contributed by atoms with Crippen molar-refractivity contribution in [3.05, 3.63) is 107 Å². The molecule has 3 aromatic rings. The maximum Gasteiger partial charge on any atom is 0.267 e. The monoisotopic (exact) mass is 397 g/mol. The fourth-order valence-electron chi connectivity index (χ4n) is 3.64. The Labute approximate surface area is 176 Å². The summed E-state index contributed by atoms with van der Waals surface area (Å²) in [4.78, 5) is 32.7. The smallest absolute Gasteiger partial charge is 0.267 e. The molecule has 0 N–H and O–H groups in total. The lowest BCUT2D eigenvalue weighted by Crippen LogP contribution is -2.47. The highest BCUT2D eigenvalue weighted by Crippen LogP contribution is 2.34. The summed E-state index contributed by atoms with van der Waals surface area (Å²) in [6, 6.07) is 25.5. The summed E-state index contributed by atoms with van der Waals surface area (Å²) in [5.74, 6) is -0.344. The van der Waals surface area contributed by atoms with Gasteiger partial charge in [-0.1, -0.05) is 104 Å². The van der Waals surface area contributed by atoms with Crippen molar-refractivity contribution in [2.24, 2.45) is 5.16 Å². The number of benzene rings is 3. The first kappa shape index (κ1) is 19.8. The Morgan fingerprint density at radius 3 is 1.77 bits per heavy atom. The number of ketones is 2. The normalized spacial score (nSPS) is 14.8. The standard InChI is InChI=1S/C26H23NO3/c1-18(2)19-13-15-20(16-14-19)23-17-26(30-27-23,24(28)21-9-5-3-6-10-21)25(29)22-11-7-4-8-12-22/h3-16,18H,17H2,1-2H3. The van der Waals surface area contributed by atoms with E-state index in [-0.39, 0.29) is 18.0 Å². The van der Waals surface area contributed by atoms with Gasteiger partial charge in [0.25, 0.3) is 5.60 Å². The number of hydrogen-bond donors (Lipinski definition) is 0. The highest BCUT2D eigenvalue weighted by Gasteiger charge is 2.53. The first-order valence-electron chi connectivity index (χ1n) is 10.1. The van der Waals surface area contributed by atoms with Crippen LogP contribution >= 0.6 is 0 Å². The molecule has 1 aliphatic rings. The zero-order valence-corrected chi connectivity index (χ0v) is 17.0. The van der Waals surface area contributed by atoms with Gasteiger partial charge in [0.05, 0.1) is 12.1 Å². The van der Waals surface area contributed by atoms with E-state index < -0.39 is 5.60 Å². The van der Waals surface area contributed by atoms with Crippen molar-refractivity contribution < 1.29 is 14.4 Å². The minimum absolute atomic E-state index is 0.0927. The first-order valence-corrected chi connectivity index (χ1v) is 10.1. The Bertz CT molecular complexity index is 1030. The fourth-order valence-corrected chi connectivity index (χ4v) is 3.64. The summed E-state index contributed by atoms with van der Waals surface area (Å²) in [5, 5.41) is 4.20. The van der Waals surface area contributed by atoms with Crippen molar-refractivity contribution in [1.29, 1.82) is 0 Å². The topological polar surface area (TPSA) is 55.7 Å². The van der Waals surface area contributed by atoms with Crippen LogP contribution in [0.25, 0.3) is 0 Å². The molecule has 0 radical (unpaired) electrons. The molecule has 0 bridgehead atoms. The predicted octanol–water partition coefficient (Wildman–Crippen LogP) is 5.44. The van der Waals surface area contributed by atoms with Crippen LogP contribution in [-0.4, -0.2) is 22.9 Å². The summed E-state index contributed by atoms with van der Waals surface area (Å²) in [5.41, 5.74) is 1.81. The lowest BCUT2D eigenvalue weighted by atomic mass is 9.81. The van der Waals surface area contributed by atoms with Gasteiger partial charge in [0.15, 0.2) is 0 Å². The van der Waals surface area contributed by atoms with Crippen molar-refractivity contribution in [3.8, 4) is 0 Å². The maximum atomic E-state index is 13.5. The van der Waals surface area contributed by atoms with Crippen LogP contribution in [0.5, 0.6) is 0 Å². The molecule has 0 aromatic heterocycles. The molecular weight excluding hydrogens is 374 g/mol. The van der Waals surface area contributed by atoms with Gasteiger partial charge in [0.2, 0.25) is 11.6 Å². The van der Waals surface area contributed by atoms with E-state index in [0.29, 0.717) is 22.8 Å². The van der Waals surface area contributed by atoms with E-state index >= 15 is 0 Å². The summed E-state index contributed by atoms with van der Waals surface area (Å²) in [7, 11) is 0. The Morgan fingerprint density at radius 2 is 1.30 bits per heavy atom. The number of oxime groups is 1. The molecular formula is C26H23NO3. The van der Waals surface area contributed by atoms with E-state index in [1.54, 1.807) is 48.5 Å². The third-order valence-corrected chi connectivity index (χ3v) is 5.44. The molecule has 3 aromatic carbocycles. The number of carbonyl (C=O) groups is 2. The Kier molecular flexibility index (Phi) is 5.32. The van der Waals surface area contributed by atoms with Gasteiger partial charge < -0.3 is 4.84 Å². The van der Waals surface area contributed by atoms with E-state index in [2.05, 4.69) is 19.0 Å². The number of carbonyl (C=O) groups excluding carboxylic acids is 2. The third kappa shape index (κ3) is 3.57. The minimum Gasteiger partial charge on any atom is -0.372 e. The molecule has 0 unspecified atom stereocenters. The summed E-state index contributed by atoms with van der Waals surface area (Å²) < 4.78 is 0. The Morgan fingerprint density at radius 1 is 0.800 bits per heavy atom. The lowest BCUT2D eigenvalue weighted by Gasteiger charge is -2.24. The molecule has 0 saturated heterocycles. The third-order valence-electron chi connectivity index (χ3n) is 5.44. The second-order valence-corrected chi connectivity index (χ2v) is 7.80. The van der Waals surface area contributed by atoms with E-state index in [1.165, 1.54) is 5.56 Å². The average Bonchev–Trinajstić information content (AvgIpc) is 3.26. The molecule has 0 spiro atoms. The predicted molar refractivity (Wildman–Crippen MR) is 117 cm³/mol. The zero-order valence-electron chi connectivity index (χ0n) is 17.0. The number of rotatable bonds is 6. The van der Waals surface area contributed by atoms with Crippen molar-refractivity contribution in [1.82, 2.24) is 0 Å². The average molecular weight is 397 g/mol. The highest BCUT2D eigenvalue weighted by molar-refractivity contribution is 6.26. The molecule has 30 heavy (non-hydrogen) atoms. The molecule has 1 aliphatic heterocycles. The van der Waals surface area contributed by atoms with Gasteiger partial charge in [-0.3, -0.25) is 9.59 Å². The van der Waals surface area contributed by atoms with Crippen molar-refractivity contribution in [2.45, 2.75) is 31.8 Å². The Balaban J connectivity index is 1.71. The molecule has 4 nitrogen and oxygen atoms in total. The molecule has 0 atom stereocenters. The van der Waals surface area contributed by atoms with E-state index in [0.717, 1.165) is 5.56 Å². The van der Waals surface area contributed by atoms with Gasteiger partial charge in [-0.05, 0) is 17.0 Å². The van der Waals surface area contributed by atoms with Crippen LogP contribution in [0.2, 0.25) is 0 Å². The van der Waals surface area contributed by atoms with Crippen LogP contribution in [0.1, 0.15) is 58.0 Å². The van der Waals surface area contributed by atoms with Gasteiger partial charge in [-0.2, -0.15) is 0 Å². The summed E-state index contributed by atoms with van der Waals surface area (Å²) >= 11 is 0. The van der Waals surface area contributed by atoms with E-state index in [1.807, 2.05) is 36.4 Å². The quantitative estimate of drug-likeness (QED) is 0.411. The van der Waals surface area contributed by atoms with Gasteiger partial charge in [0.1, 0.15) is 0 Å². The van der Waals surface area contributed by atoms with Crippen LogP contribution in [0, 0.1) is 0 Å². The van der Waals surface area contributed by atoms with Gasteiger partial charge in [-0.25, -0.2) is 0 Å².